The summed E-state index contributed by atoms with van der Waals surface area (Å²) in [7, 11) is 1.34. The molecule has 1 amide bonds. The van der Waals surface area contributed by atoms with E-state index in [0.717, 1.165) is 5.56 Å². The van der Waals surface area contributed by atoms with E-state index in [2.05, 4.69) is 0 Å². The summed E-state index contributed by atoms with van der Waals surface area (Å²) in [5.41, 5.74) is 1.08. The highest BCUT2D eigenvalue weighted by Crippen LogP contribution is 2.26. The number of methoxy groups -OCH3 is 1. The van der Waals surface area contributed by atoms with Crippen LogP contribution in [0.3, 0.4) is 0 Å². The summed E-state index contributed by atoms with van der Waals surface area (Å²) in [5, 5.41) is 0. The quantitative estimate of drug-likeness (QED) is 0.778. The second-order valence-electron chi connectivity index (χ2n) is 5.28. The molecular weight excluding hydrogens is 261 g/mol. The lowest BCUT2D eigenvalue weighted by atomic mass is 9.99. The monoisotopic (exact) mass is 279 g/mol. The predicted octanol–water partition coefficient (Wildman–Crippen LogP) is 2.02. The molecule has 0 aromatic heterocycles. The van der Waals surface area contributed by atoms with Gasteiger partial charge in [-0.3, -0.25) is 9.59 Å². The van der Waals surface area contributed by atoms with Crippen LogP contribution in [0, 0.1) is 24.6 Å². The molecule has 108 valence electrons. The minimum atomic E-state index is -0.435. The number of likely N-dealkylation sites (tertiary alicyclic amines) is 1. The maximum Gasteiger partial charge on any atom is 0.310 e. The number of ether oxygens (including phenoxy) is 1. The molecule has 4 nitrogen and oxygen atoms in total. The Hall–Kier alpha value is -1.91. The number of nitrogens with zero attached hydrogens (tertiary/aromatic N) is 1. The van der Waals surface area contributed by atoms with Crippen LogP contribution in [-0.4, -0.2) is 37.0 Å². The number of aryl methyl sites for hydroxylation is 1. The number of amides is 1. The van der Waals surface area contributed by atoms with Crippen molar-refractivity contribution in [2.45, 2.75) is 13.8 Å². The minimum absolute atomic E-state index is 0.0419. The number of carbonyl (C=O) groups excluding carboxylic acids is 2. The SMILES string of the molecule is COC(=O)C1CN(C(=O)c2cc(F)ccc2C)CC1C. The summed E-state index contributed by atoms with van der Waals surface area (Å²) in [6.45, 7) is 4.48. The lowest BCUT2D eigenvalue weighted by molar-refractivity contribution is -0.146. The average molecular weight is 279 g/mol. The lowest BCUT2D eigenvalue weighted by Crippen LogP contribution is -2.30. The summed E-state index contributed by atoms with van der Waals surface area (Å²) in [6.07, 6.45) is 0. The molecular formula is C15H18FNO3. The van der Waals surface area contributed by atoms with Crippen LogP contribution in [-0.2, 0) is 9.53 Å². The zero-order chi connectivity index (χ0) is 14.9. The molecule has 0 aliphatic carbocycles. The summed E-state index contributed by atoms with van der Waals surface area (Å²) in [5.74, 6) is -1.24. The summed E-state index contributed by atoms with van der Waals surface area (Å²) in [6, 6.07) is 4.16. The predicted molar refractivity (Wildman–Crippen MR) is 71.7 cm³/mol. The second kappa shape index (κ2) is 5.61. The van der Waals surface area contributed by atoms with Crippen molar-refractivity contribution >= 4 is 11.9 Å². The van der Waals surface area contributed by atoms with E-state index >= 15 is 0 Å². The molecule has 1 heterocycles. The number of hydrogen-bond donors (Lipinski definition) is 0. The van der Waals surface area contributed by atoms with E-state index in [-0.39, 0.29) is 23.7 Å². The largest absolute Gasteiger partial charge is 0.469 e. The molecule has 0 radical (unpaired) electrons. The van der Waals surface area contributed by atoms with Crippen molar-refractivity contribution in [1.82, 2.24) is 4.90 Å². The Morgan fingerprint density at radius 3 is 2.70 bits per heavy atom. The molecule has 2 atom stereocenters. The summed E-state index contributed by atoms with van der Waals surface area (Å²) in [4.78, 5) is 25.7. The van der Waals surface area contributed by atoms with Gasteiger partial charge in [-0.1, -0.05) is 13.0 Å². The first-order chi connectivity index (χ1) is 9.43. The fraction of sp³-hybridized carbons (Fsp3) is 0.467. The maximum atomic E-state index is 13.3. The highest BCUT2D eigenvalue weighted by Gasteiger charge is 2.38. The fourth-order valence-electron chi connectivity index (χ4n) is 2.59. The van der Waals surface area contributed by atoms with E-state index in [0.29, 0.717) is 18.7 Å². The van der Waals surface area contributed by atoms with Gasteiger partial charge in [0.15, 0.2) is 0 Å². The number of benzene rings is 1. The molecule has 1 fully saturated rings. The zero-order valence-electron chi connectivity index (χ0n) is 11.9. The van der Waals surface area contributed by atoms with Crippen molar-refractivity contribution in [1.29, 1.82) is 0 Å². The van der Waals surface area contributed by atoms with Crippen molar-refractivity contribution in [3.63, 3.8) is 0 Å². The van der Waals surface area contributed by atoms with E-state index < -0.39 is 5.82 Å². The van der Waals surface area contributed by atoms with Crippen LogP contribution in [0.2, 0.25) is 0 Å². The molecule has 20 heavy (non-hydrogen) atoms. The van der Waals surface area contributed by atoms with Gasteiger partial charge in [0, 0.05) is 18.7 Å². The molecule has 1 aromatic rings. The topological polar surface area (TPSA) is 46.6 Å². The molecule has 1 aliphatic heterocycles. The van der Waals surface area contributed by atoms with Crippen molar-refractivity contribution in [3.05, 3.63) is 35.1 Å². The summed E-state index contributed by atoms with van der Waals surface area (Å²) >= 11 is 0. The van der Waals surface area contributed by atoms with Crippen molar-refractivity contribution in [3.8, 4) is 0 Å². The van der Waals surface area contributed by atoms with Gasteiger partial charge < -0.3 is 9.64 Å². The highest BCUT2D eigenvalue weighted by atomic mass is 19.1. The first-order valence-corrected chi connectivity index (χ1v) is 6.57. The van der Waals surface area contributed by atoms with Crippen LogP contribution >= 0.6 is 0 Å². The molecule has 5 heteroatoms. The first kappa shape index (κ1) is 14.5. The van der Waals surface area contributed by atoms with Crippen LogP contribution in [0.25, 0.3) is 0 Å². The van der Waals surface area contributed by atoms with Gasteiger partial charge in [-0.15, -0.1) is 0 Å². The molecule has 0 spiro atoms. The minimum Gasteiger partial charge on any atom is -0.469 e. The lowest BCUT2D eigenvalue weighted by Gasteiger charge is -2.17. The van der Waals surface area contributed by atoms with Gasteiger partial charge in [-0.05, 0) is 30.5 Å². The zero-order valence-corrected chi connectivity index (χ0v) is 11.9. The Morgan fingerprint density at radius 2 is 2.05 bits per heavy atom. The van der Waals surface area contributed by atoms with Gasteiger partial charge in [0.25, 0.3) is 5.91 Å². The van der Waals surface area contributed by atoms with Gasteiger partial charge in [-0.25, -0.2) is 4.39 Å². The smallest absolute Gasteiger partial charge is 0.310 e. The molecule has 1 aliphatic rings. The fourth-order valence-corrected chi connectivity index (χ4v) is 2.59. The second-order valence-corrected chi connectivity index (χ2v) is 5.28. The number of hydrogen-bond acceptors (Lipinski definition) is 3. The molecule has 1 aromatic carbocycles. The average Bonchev–Trinajstić information content (AvgIpc) is 2.82. The number of carbonyl (C=O) groups is 2. The van der Waals surface area contributed by atoms with Crippen LogP contribution in [0.5, 0.6) is 0 Å². The first-order valence-electron chi connectivity index (χ1n) is 6.57. The highest BCUT2D eigenvalue weighted by molar-refractivity contribution is 5.96. The summed E-state index contributed by atoms with van der Waals surface area (Å²) < 4.78 is 18.0. The van der Waals surface area contributed by atoms with E-state index in [1.54, 1.807) is 17.9 Å². The molecule has 1 saturated heterocycles. The number of rotatable bonds is 2. The van der Waals surface area contributed by atoms with Crippen molar-refractivity contribution in [2.75, 3.05) is 20.2 Å². The third kappa shape index (κ3) is 2.66. The molecule has 0 saturated carbocycles. The third-order valence-electron chi connectivity index (χ3n) is 3.83. The molecule has 0 bridgehead atoms. The Labute approximate surface area is 117 Å². The molecule has 2 rings (SSSR count). The van der Waals surface area contributed by atoms with Crippen LogP contribution < -0.4 is 0 Å². The van der Waals surface area contributed by atoms with Gasteiger partial charge >= 0.3 is 5.97 Å². The van der Waals surface area contributed by atoms with Crippen LogP contribution in [0.15, 0.2) is 18.2 Å². The molecule has 0 N–H and O–H groups in total. The van der Waals surface area contributed by atoms with Crippen molar-refractivity contribution in [2.24, 2.45) is 11.8 Å². The van der Waals surface area contributed by atoms with E-state index in [9.17, 15) is 14.0 Å². The Bertz CT molecular complexity index is 544. The third-order valence-corrected chi connectivity index (χ3v) is 3.83. The Kier molecular flexibility index (Phi) is 4.06. The van der Waals surface area contributed by atoms with E-state index in [1.807, 2.05) is 6.92 Å². The normalized spacial score (nSPS) is 21.9. The van der Waals surface area contributed by atoms with Gasteiger partial charge in [0.1, 0.15) is 5.82 Å². The Balaban J connectivity index is 2.19. The van der Waals surface area contributed by atoms with Gasteiger partial charge in [0.05, 0.1) is 13.0 Å². The van der Waals surface area contributed by atoms with Gasteiger partial charge in [-0.2, -0.15) is 0 Å². The van der Waals surface area contributed by atoms with Crippen LogP contribution in [0.1, 0.15) is 22.8 Å². The Morgan fingerprint density at radius 1 is 1.35 bits per heavy atom. The molecule has 2 unspecified atom stereocenters. The number of esters is 1. The van der Waals surface area contributed by atoms with Crippen LogP contribution in [0.4, 0.5) is 4.39 Å². The van der Waals surface area contributed by atoms with Crippen molar-refractivity contribution < 1.29 is 18.7 Å². The van der Waals surface area contributed by atoms with Gasteiger partial charge in [0.2, 0.25) is 0 Å². The van der Waals surface area contributed by atoms with E-state index in [1.165, 1.54) is 19.2 Å². The number of halogens is 1. The maximum absolute atomic E-state index is 13.3. The van der Waals surface area contributed by atoms with E-state index in [4.69, 9.17) is 4.74 Å². The standard InChI is InChI=1S/C15H18FNO3/c1-9-4-5-11(16)6-12(9)14(18)17-7-10(2)13(8-17)15(19)20-3/h4-6,10,13H,7-8H2,1-3H3.